The summed E-state index contributed by atoms with van der Waals surface area (Å²) in [7, 11) is 0. The van der Waals surface area contributed by atoms with Crippen LogP contribution in [0.25, 0.3) is 5.69 Å². The van der Waals surface area contributed by atoms with Gasteiger partial charge < -0.3 is 0 Å². The molecular formula is C20H19FN4O2S. The fraction of sp³-hybridized carbons (Fsp3) is 0.150. The van der Waals surface area contributed by atoms with Gasteiger partial charge in [0.1, 0.15) is 5.82 Å². The van der Waals surface area contributed by atoms with Crippen molar-refractivity contribution in [3.8, 4) is 5.69 Å². The minimum Gasteiger partial charge on any atom is -0.295 e. The van der Waals surface area contributed by atoms with Gasteiger partial charge in [-0.2, -0.15) is 0 Å². The Hall–Kier alpha value is -3.13. The van der Waals surface area contributed by atoms with E-state index >= 15 is 0 Å². The summed E-state index contributed by atoms with van der Waals surface area (Å²) in [6.07, 6.45) is 3.50. The zero-order valence-corrected chi connectivity index (χ0v) is 16.2. The van der Waals surface area contributed by atoms with Crippen molar-refractivity contribution < 1.29 is 14.0 Å². The zero-order chi connectivity index (χ0) is 20.1. The standard InChI is InChI=1S/C20H19FN4O2S/c1-13-6-5-9-17(14(13)2)25-11-10-22-20(25)28-12-18(26)23-24-19(27)15-7-3-4-8-16(15)21/h3-11H,12H2,1-2H3,(H,23,26)(H,24,27). The molecule has 3 aromatic rings. The van der Waals surface area contributed by atoms with Crippen molar-refractivity contribution in [2.45, 2.75) is 19.0 Å². The van der Waals surface area contributed by atoms with Gasteiger partial charge in [0.15, 0.2) is 5.16 Å². The molecule has 1 heterocycles. The van der Waals surface area contributed by atoms with Gasteiger partial charge in [-0.1, -0.05) is 36.0 Å². The van der Waals surface area contributed by atoms with Gasteiger partial charge in [0, 0.05) is 12.4 Å². The Balaban J connectivity index is 1.59. The number of nitrogens with one attached hydrogen (secondary N) is 2. The molecule has 0 spiro atoms. The first-order valence-electron chi connectivity index (χ1n) is 8.54. The smallest absolute Gasteiger partial charge is 0.272 e. The van der Waals surface area contributed by atoms with Gasteiger partial charge in [-0.25, -0.2) is 9.37 Å². The van der Waals surface area contributed by atoms with E-state index in [1.54, 1.807) is 12.3 Å². The molecule has 28 heavy (non-hydrogen) atoms. The van der Waals surface area contributed by atoms with Crippen LogP contribution in [0.5, 0.6) is 0 Å². The molecule has 2 aromatic carbocycles. The Morgan fingerprint density at radius 1 is 1.11 bits per heavy atom. The highest BCUT2D eigenvalue weighted by Crippen LogP contribution is 2.24. The zero-order valence-electron chi connectivity index (χ0n) is 15.4. The first-order valence-corrected chi connectivity index (χ1v) is 9.52. The number of halogens is 1. The fourth-order valence-electron chi connectivity index (χ4n) is 2.58. The Morgan fingerprint density at radius 2 is 1.89 bits per heavy atom. The van der Waals surface area contributed by atoms with Crippen LogP contribution in [-0.2, 0) is 4.79 Å². The maximum absolute atomic E-state index is 13.6. The number of imidazole rings is 1. The van der Waals surface area contributed by atoms with Crippen LogP contribution < -0.4 is 10.9 Å². The van der Waals surface area contributed by atoms with Crippen molar-refractivity contribution in [3.05, 3.63) is 77.4 Å². The van der Waals surface area contributed by atoms with Gasteiger partial charge in [-0.3, -0.25) is 25.0 Å². The van der Waals surface area contributed by atoms with Gasteiger partial charge in [-0.05, 0) is 43.2 Å². The average molecular weight is 398 g/mol. The van der Waals surface area contributed by atoms with E-state index < -0.39 is 17.6 Å². The normalized spacial score (nSPS) is 10.5. The number of hydrogen-bond acceptors (Lipinski definition) is 4. The summed E-state index contributed by atoms with van der Waals surface area (Å²) in [6, 6.07) is 11.5. The van der Waals surface area contributed by atoms with E-state index in [-0.39, 0.29) is 11.3 Å². The van der Waals surface area contributed by atoms with Gasteiger partial charge in [0.2, 0.25) is 5.91 Å². The predicted molar refractivity (Wildman–Crippen MR) is 106 cm³/mol. The third-order valence-corrected chi connectivity index (χ3v) is 5.18. The highest BCUT2D eigenvalue weighted by atomic mass is 32.2. The van der Waals surface area contributed by atoms with Crippen molar-refractivity contribution in [3.63, 3.8) is 0 Å². The third kappa shape index (κ3) is 4.40. The fourth-order valence-corrected chi connectivity index (χ4v) is 3.35. The number of hydrazine groups is 1. The molecule has 6 nitrogen and oxygen atoms in total. The molecule has 1 aromatic heterocycles. The molecule has 0 bridgehead atoms. The van der Waals surface area contributed by atoms with Crippen LogP contribution in [0.2, 0.25) is 0 Å². The molecule has 0 aliphatic rings. The summed E-state index contributed by atoms with van der Waals surface area (Å²) >= 11 is 1.24. The third-order valence-electron chi connectivity index (χ3n) is 4.21. The molecule has 0 aliphatic heterocycles. The van der Waals surface area contributed by atoms with E-state index in [1.165, 1.54) is 30.0 Å². The number of hydrogen-bond donors (Lipinski definition) is 2. The van der Waals surface area contributed by atoms with Gasteiger partial charge >= 0.3 is 0 Å². The Labute approximate surface area is 166 Å². The molecule has 3 rings (SSSR count). The molecule has 0 saturated heterocycles. The molecule has 0 atom stereocenters. The van der Waals surface area contributed by atoms with Crippen LogP contribution in [0, 0.1) is 19.7 Å². The summed E-state index contributed by atoms with van der Waals surface area (Å²) in [4.78, 5) is 28.3. The number of aryl methyl sites for hydroxylation is 1. The minimum atomic E-state index is -0.715. The summed E-state index contributed by atoms with van der Waals surface area (Å²) in [5.41, 5.74) is 7.65. The lowest BCUT2D eigenvalue weighted by Gasteiger charge is -2.12. The highest BCUT2D eigenvalue weighted by molar-refractivity contribution is 7.99. The van der Waals surface area contributed by atoms with Crippen molar-refractivity contribution in [1.29, 1.82) is 0 Å². The van der Waals surface area contributed by atoms with E-state index in [1.807, 2.05) is 42.8 Å². The highest BCUT2D eigenvalue weighted by Gasteiger charge is 2.14. The first-order chi connectivity index (χ1) is 13.5. The Kier molecular flexibility index (Phi) is 6.10. The van der Waals surface area contributed by atoms with Crippen molar-refractivity contribution >= 4 is 23.6 Å². The Morgan fingerprint density at radius 3 is 2.68 bits per heavy atom. The number of amides is 2. The lowest BCUT2D eigenvalue weighted by Crippen LogP contribution is -2.42. The predicted octanol–water partition coefficient (Wildman–Crippen LogP) is 3.18. The molecule has 0 unspecified atom stereocenters. The monoisotopic (exact) mass is 398 g/mol. The number of carbonyl (C=O) groups is 2. The van der Waals surface area contributed by atoms with Gasteiger partial charge in [0.25, 0.3) is 5.91 Å². The topological polar surface area (TPSA) is 76.0 Å². The van der Waals surface area contributed by atoms with Crippen LogP contribution in [0.3, 0.4) is 0 Å². The number of thioether (sulfide) groups is 1. The van der Waals surface area contributed by atoms with E-state index in [0.717, 1.165) is 16.8 Å². The molecule has 0 saturated carbocycles. The second kappa shape index (κ2) is 8.71. The lowest BCUT2D eigenvalue weighted by molar-refractivity contribution is -0.119. The minimum absolute atomic E-state index is 0.0411. The summed E-state index contributed by atoms with van der Waals surface area (Å²) in [5, 5.41) is 0.657. The average Bonchev–Trinajstić information content (AvgIpc) is 3.15. The molecule has 144 valence electrons. The van der Waals surface area contributed by atoms with Crippen molar-refractivity contribution in [1.82, 2.24) is 20.4 Å². The molecule has 2 amide bonds. The van der Waals surface area contributed by atoms with Crippen LogP contribution in [0.1, 0.15) is 21.5 Å². The molecular weight excluding hydrogens is 379 g/mol. The summed E-state index contributed by atoms with van der Waals surface area (Å²) < 4.78 is 15.5. The van der Waals surface area contributed by atoms with Crippen LogP contribution in [0.4, 0.5) is 4.39 Å². The van der Waals surface area contributed by atoms with Crippen LogP contribution in [-0.4, -0.2) is 27.1 Å². The largest absolute Gasteiger partial charge is 0.295 e. The number of carbonyl (C=O) groups excluding carboxylic acids is 2. The molecule has 0 fully saturated rings. The molecule has 0 aliphatic carbocycles. The number of aromatic nitrogens is 2. The van der Waals surface area contributed by atoms with Crippen molar-refractivity contribution in [2.75, 3.05) is 5.75 Å². The van der Waals surface area contributed by atoms with E-state index in [9.17, 15) is 14.0 Å². The number of rotatable bonds is 5. The number of nitrogens with zero attached hydrogens (tertiary/aromatic N) is 2. The molecule has 0 radical (unpaired) electrons. The number of benzene rings is 2. The summed E-state index contributed by atoms with van der Waals surface area (Å²) in [6.45, 7) is 4.07. The summed E-state index contributed by atoms with van der Waals surface area (Å²) in [5.74, 6) is -1.75. The maximum atomic E-state index is 13.6. The first kappa shape index (κ1) is 19.6. The van der Waals surface area contributed by atoms with Gasteiger partial charge in [-0.15, -0.1) is 0 Å². The van der Waals surface area contributed by atoms with E-state index in [4.69, 9.17) is 0 Å². The van der Waals surface area contributed by atoms with Crippen LogP contribution >= 0.6 is 11.8 Å². The molecule has 8 heteroatoms. The van der Waals surface area contributed by atoms with E-state index in [0.29, 0.717) is 5.16 Å². The maximum Gasteiger partial charge on any atom is 0.272 e. The quantitative estimate of drug-likeness (QED) is 0.511. The Bertz CT molecular complexity index is 1020. The van der Waals surface area contributed by atoms with E-state index in [2.05, 4.69) is 15.8 Å². The second-order valence-electron chi connectivity index (χ2n) is 6.07. The van der Waals surface area contributed by atoms with Gasteiger partial charge in [0.05, 0.1) is 17.0 Å². The molecule has 2 N–H and O–H groups in total. The van der Waals surface area contributed by atoms with Crippen molar-refractivity contribution in [2.24, 2.45) is 0 Å². The lowest BCUT2D eigenvalue weighted by atomic mass is 10.1. The van der Waals surface area contributed by atoms with Crippen LogP contribution in [0.15, 0.2) is 60.0 Å². The SMILES string of the molecule is Cc1cccc(-n2ccnc2SCC(=O)NNC(=O)c2ccccc2F)c1C. The second-order valence-corrected chi connectivity index (χ2v) is 7.01.